The van der Waals surface area contributed by atoms with Crippen LogP contribution in [0.25, 0.3) is 17.4 Å². The smallest absolute Gasteiger partial charge is 0.339 e. The molecule has 3 aromatic carbocycles. The monoisotopic (exact) mass is 667 g/mol. The van der Waals surface area contributed by atoms with Gasteiger partial charge in [-0.2, -0.15) is 0 Å². The van der Waals surface area contributed by atoms with E-state index in [2.05, 4.69) is 5.32 Å². The van der Waals surface area contributed by atoms with Gasteiger partial charge in [0.2, 0.25) is 0 Å². The van der Waals surface area contributed by atoms with Crippen molar-refractivity contribution in [3.63, 3.8) is 0 Å². The molecule has 47 heavy (non-hydrogen) atoms. The average Bonchev–Trinajstić information content (AvgIpc) is 3.64. The maximum atomic E-state index is 14.1. The van der Waals surface area contributed by atoms with Gasteiger partial charge in [-0.1, -0.05) is 53.3 Å². The number of ether oxygens (including phenoxy) is 2. The van der Waals surface area contributed by atoms with Crippen molar-refractivity contribution < 1.29 is 23.5 Å². The molecule has 6 rings (SSSR count). The van der Waals surface area contributed by atoms with Crippen LogP contribution in [0.4, 0.5) is 5.69 Å². The fourth-order valence-electron chi connectivity index (χ4n) is 5.34. The number of para-hydroxylation sites is 1. The molecule has 0 radical (unpaired) electrons. The predicted octanol–water partition coefficient (Wildman–Crippen LogP) is 6.36. The van der Waals surface area contributed by atoms with Crippen LogP contribution in [0.15, 0.2) is 110 Å². The van der Waals surface area contributed by atoms with Crippen molar-refractivity contribution in [1.82, 2.24) is 4.57 Å². The summed E-state index contributed by atoms with van der Waals surface area (Å²) in [6.07, 6.45) is 1.31. The Morgan fingerprint density at radius 2 is 1.83 bits per heavy atom. The quantitative estimate of drug-likeness (QED) is 0.193. The molecule has 1 amide bonds. The number of esters is 1. The number of halogens is 1. The molecule has 11 heteroatoms. The van der Waals surface area contributed by atoms with E-state index < -0.39 is 12.0 Å². The third-order valence-electron chi connectivity index (χ3n) is 7.42. The van der Waals surface area contributed by atoms with Crippen LogP contribution in [0.2, 0.25) is 5.02 Å². The Labute approximate surface area is 279 Å². The first-order valence-electron chi connectivity index (χ1n) is 14.8. The number of fused-ring (bicyclic) bond motifs is 1. The van der Waals surface area contributed by atoms with Gasteiger partial charge in [0.05, 0.1) is 40.6 Å². The largest absolute Gasteiger partial charge is 0.497 e. The third-order valence-corrected chi connectivity index (χ3v) is 8.64. The number of carbonyl (C=O) groups is 2. The molecule has 0 spiro atoms. The lowest BCUT2D eigenvalue weighted by molar-refractivity contribution is -0.113. The second-order valence-electron chi connectivity index (χ2n) is 11.0. The van der Waals surface area contributed by atoms with Crippen molar-refractivity contribution in [2.75, 3.05) is 12.4 Å². The van der Waals surface area contributed by atoms with Gasteiger partial charge in [0.15, 0.2) is 4.80 Å². The predicted molar refractivity (Wildman–Crippen MR) is 182 cm³/mol. The Kier molecular flexibility index (Phi) is 8.97. The highest BCUT2D eigenvalue weighted by atomic mass is 35.5. The molecular formula is C36H30ClN3O6S. The Hall–Kier alpha value is -5.19. The second kappa shape index (κ2) is 13.3. The summed E-state index contributed by atoms with van der Waals surface area (Å²) in [5, 5.41) is 3.37. The zero-order chi connectivity index (χ0) is 33.2. The van der Waals surface area contributed by atoms with Crippen LogP contribution in [0.1, 0.15) is 48.5 Å². The number of benzene rings is 3. The number of furan rings is 1. The number of thiazole rings is 1. The minimum atomic E-state index is -0.777. The van der Waals surface area contributed by atoms with Crippen molar-refractivity contribution in [3.05, 3.63) is 138 Å². The number of nitrogens with one attached hydrogen (secondary N) is 1. The summed E-state index contributed by atoms with van der Waals surface area (Å²) in [6, 6.07) is 23.9. The fraction of sp³-hybridized carbons (Fsp3) is 0.167. The van der Waals surface area contributed by atoms with Gasteiger partial charge < -0.3 is 19.2 Å². The standard InChI is InChI=1S/C36H30ClN3O6S/c1-20(2)45-35(43)27-15-13-23(37)18-28(27)29-16-14-26(46-29)19-30-34(42)40-32(22-9-8-12-25(17-22)44-4)31(21(3)38-36(40)47-30)33(41)39-24-10-6-5-7-11-24/h5-20,32H,1-4H3,(H,39,41)/b30-19+/t32-/m0/s1. The summed E-state index contributed by atoms with van der Waals surface area (Å²) in [6.45, 7) is 5.30. The molecule has 0 unspecified atom stereocenters. The molecular weight excluding hydrogens is 638 g/mol. The summed E-state index contributed by atoms with van der Waals surface area (Å²) in [7, 11) is 1.56. The van der Waals surface area contributed by atoms with E-state index in [1.807, 2.05) is 36.4 Å². The van der Waals surface area contributed by atoms with Crippen LogP contribution in [-0.4, -0.2) is 29.7 Å². The van der Waals surface area contributed by atoms with E-state index in [4.69, 9.17) is 30.5 Å². The topological polar surface area (TPSA) is 112 Å². The van der Waals surface area contributed by atoms with Crippen molar-refractivity contribution in [1.29, 1.82) is 0 Å². The zero-order valence-electron chi connectivity index (χ0n) is 25.9. The number of aromatic nitrogens is 1. The Morgan fingerprint density at radius 1 is 1.04 bits per heavy atom. The maximum Gasteiger partial charge on any atom is 0.339 e. The zero-order valence-corrected chi connectivity index (χ0v) is 27.5. The molecule has 0 bridgehead atoms. The number of methoxy groups -OCH3 is 1. The summed E-state index contributed by atoms with van der Waals surface area (Å²) in [5.41, 5.74) is 2.55. The number of hydrogen-bond donors (Lipinski definition) is 1. The lowest BCUT2D eigenvalue weighted by Crippen LogP contribution is -2.40. The highest BCUT2D eigenvalue weighted by molar-refractivity contribution is 7.07. The van der Waals surface area contributed by atoms with Gasteiger partial charge in [-0.15, -0.1) is 0 Å². The van der Waals surface area contributed by atoms with Gasteiger partial charge in [-0.25, -0.2) is 9.79 Å². The number of amides is 1. The molecule has 9 nitrogen and oxygen atoms in total. The van der Waals surface area contributed by atoms with E-state index in [-0.39, 0.29) is 17.6 Å². The highest BCUT2D eigenvalue weighted by Gasteiger charge is 2.33. The van der Waals surface area contributed by atoms with Crippen LogP contribution in [0.3, 0.4) is 0 Å². The first kappa shape index (κ1) is 31.8. The molecule has 1 aliphatic heterocycles. The van der Waals surface area contributed by atoms with Crippen molar-refractivity contribution >= 4 is 46.6 Å². The summed E-state index contributed by atoms with van der Waals surface area (Å²) >= 11 is 7.46. The van der Waals surface area contributed by atoms with Gasteiger partial charge in [0.25, 0.3) is 11.5 Å². The Bertz CT molecular complexity index is 2210. The van der Waals surface area contributed by atoms with E-state index in [1.165, 1.54) is 15.9 Å². The molecule has 0 fully saturated rings. The van der Waals surface area contributed by atoms with Crippen LogP contribution in [-0.2, 0) is 9.53 Å². The molecule has 0 saturated carbocycles. The molecule has 0 saturated heterocycles. The van der Waals surface area contributed by atoms with Gasteiger partial charge >= 0.3 is 5.97 Å². The van der Waals surface area contributed by atoms with Gasteiger partial charge in [-0.3, -0.25) is 14.2 Å². The van der Waals surface area contributed by atoms with Gasteiger partial charge in [0, 0.05) is 22.3 Å². The normalized spacial score (nSPS) is 14.5. The third kappa shape index (κ3) is 6.56. The highest BCUT2D eigenvalue weighted by Crippen LogP contribution is 2.33. The van der Waals surface area contributed by atoms with E-state index in [0.717, 1.165) is 0 Å². The Morgan fingerprint density at radius 3 is 2.57 bits per heavy atom. The molecule has 3 heterocycles. The molecule has 238 valence electrons. The number of hydrogen-bond acceptors (Lipinski definition) is 8. The van der Waals surface area contributed by atoms with Gasteiger partial charge in [0.1, 0.15) is 17.3 Å². The molecule has 1 aliphatic rings. The lowest BCUT2D eigenvalue weighted by atomic mass is 9.95. The molecule has 5 aromatic rings. The number of allylic oxidation sites excluding steroid dienone is 1. The van der Waals surface area contributed by atoms with E-state index in [0.29, 0.717) is 65.3 Å². The molecule has 2 aromatic heterocycles. The minimum Gasteiger partial charge on any atom is -0.497 e. The number of carbonyl (C=O) groups excluding carboxylic acids is 2. The van der Waals surface area contributed by atoms with E-state index in [1.54, 1.807) is 82.5 Å². The first-order chi connectivity index (χ1) is 22.6. The maximum absolute atomic E-state index is 14.1. The summed E-state index contributed by atoms with van der Waals surface area (Å²) < 4.78 is 18.9. The lowest BCUT2D eigenvalue weighted by Gasteiger charge is -2.25. The van der Waals surface area contributed by atoms with Crippen LogP contribution >= 0.6 is 22.9 Å². The minimum absolute atomic E-state index is 0.304. The number of nitrogens with zero attached hydrogens (tertiary/aromatic N) is 2. The van der Waals surface area contributed by atoms with E-state index in [9.17, 15) is 14.4 Å². The molecule has 0 aliphatic carbocycles. The van der Waals surface area contributed by atoms with Crippen molar-refractivity contribution in [2.24, 2.45) is 4.99 Å². The van der Waals surface area contributed by atoms with E-state index >= 15 is 0 Å². The average molecular weight is 668 g/mol. The second-order valence-corrected chi connectivity index (χ2v) is 12.5. The summed E-state index contributed by atoms with van der Waals surface area (Å²) in [5.74, 6) is 0.473. The van der Waals surface area contributed by atoms with Crippen LogP contribution < -0.4 is 24.9 Å². The molecule has 1 atom stereocenters. The van der Waals surface area contributed by atoms with Crippen molar-refractivity contribution in [3.8, 4) is 17.1 Å². The Balaban J connectivity index is 1.44. The van der Waals surface area contributed by atoms with Crippen molar-refractivity contribution in [2.45, 2.75) is 32.9 Å². The fourth-order valence-corrected chi connectivity index (χ4v) is 6.54. The first-order valence-corrected chi connectivity index (χ1v) is 16.0. The van der Waals surface area contributed by atoms with Gasteiger partial charge in [-0.05, 0) is 80.9 Å². The summed E-state index contributed by atoms with van der Waals surface area (Å²) in [4.78, 5) is 45.9. The van der Waals surface area contributed by atoms with Crippen LogP contribution in [0, 0.1) is 0 Å². The molecule has 1 N–H and O–H groups in total. The number of rotatable bonds is 8. The SMILES string of the molecule is COc1cccc([C@H]2C(C(=O)Nc3ccccc3)=C(C)N=c3s/c(=C/c4ccc(-c5cc(Cl)ccc5C(=O)OC(C)C)o4)c(=O)n32)c1. The van der Waals surface area contributed by atoms with Crippen LogP contribution in [0.5, 0.6) is 5.75 Å². The number of anilines is 1.